The van der Waals surface area contributed by atoms with Gasteiger partial charge in [0.2, 0.25) is 0 Å². The second-order valence-electron chi connectivity index (χ2n) is 5.54. The van der Waals surface area contributed by atoms with E-state index in [4.69, 9.17) is 0 Å². The highest BCUT2D eigenvalue weighted by molar-refractivity contribution is 5.78. The highest BCUT2D eigenvalue weighted by atomic mass is 16.4. The van der Waals surface area contributed by atoms with Crippen LogP contribution in [-0.4, -0.2) is 30.2 Å². The van der Waals surface area contributed by atoms with Crippen LogP contribution in [0.15, 0.2) is 24.3 Å². The van der Waals surface area contributed by atoms with Crippen LogP contribution < -0.4 is 10.2 Å². The zero-order chi connectivity index (χ0) is 13.2. The van der Waals surface area contributed by atoms with Gasteiger partial charge in [-0.1, -0.05) is 0 Å². The molecule has 1 saturated carbocycles. The number of aliphatic carboxylic acids is 1. The molecule has 2 fully saturated rings. The smallest absolute Gasteiger partial charge is 0.326 e. The second kappa shape index (κ2) is 5.11. The molecule has 1 aromatic carbocycles. The zero-order valence-corrected chi connectivity index (χ0v) is 11.0. The van der Waals surface area contributed by atoms with Gasteiger partial charge >= 0.3 is 5.97 Å². The van der Waals surface area contributed by atoms with Crippen LogP contribution in [0.5, 0.6) is 0 Å². The number of carboxylic acid groups (broad SMARTS) is 1. The molecular formula is C15H20N2O2. The van der Waals surface area contributed by atoms with Crippen molar-refractivity contribution in [3.05, 3.63) is 24.3 Å². The molecule has 3 rings (SSSR count). The van der Waals surface area contributed by atoms with Crippen LogP contribution in [0.2, 0.25) is 0 Å². The molecule has 102 valence electrons. The Morgan fingerprint density at radius 1 is 1.21 bits per heavy atom. The molecule has 1 aliphatic carbocycles. The summed E-state index contributed by atoms with van der Waals surface area (Å²) < 4.78 is 0. The van der Waals surface area contributed by atoms with Gasteiger partial charge in [-0.05, 0) is 55.9 Å². The summed E-state index contributed by atoms with van der Waals surface area (Å²) >= 11 is 0. The summed E-state index contributed by atoms with van der Waals surface area (Å²) in [6.07, 6.45) is 4.58. The molecule has 1 aliphatic heterocycles. The number of rotatable bonds is 5. The SMILES string of the molecule is O=C(O)C(Nc1ccc(N2CCCC2)cc1)C1CC1. The van der Waals surface area contributed by atoms with Crippen LogP contribution in [-0.2, 0) is 4.79 Å². The number of anilines is 2. The molecule has 1 saturated heterocycles. The summed E-state index contributed by atoms with van der Waals surface area (Å²) in [6.45, 7) is 2.26. The zero-order valence-electron chi connectivity index (χ0n) is 11.0. The lowest BCUT2D eigenvalue weighted by atomic mass is 10.1. The summed E-state index contributed by atoms with van der Waals surface area (Å²) in [4.78, 5) is 13.6. The van der Waals surface area contributed by atoms with Gasteiger partial charge in [-0.3, -0.25) is 0 Å². The van der Waals surface area contributed by atoms with Crippen LogP contribution in [0.4, 0.5) is 11.4 Å². The summed E-state index contributed by atoms with van der Waals surface area (Å²) in [5.41, 5.74) is 2.14. The Labute approximate surface area is 113 Å². The second-order valence-corrected chi connectivity index (χ2v) is 5.54. The van der Waals surface area contributed by atoms with Crippen molar-refractivity contribution in [2.75, 3.05) is 23.3 Å². The molecule has 1 unspecified atom stereocenters. The molecule has 0 aromatic heterocycles. The van der Waals surface area contributed by atoms with E-state index in [1.54, 1.807) is 0 Å². The molecule has 1 atom stereocenters. The standard InChI is InChI=1S/C15H20N2O2/c18-15(19)14(11-3-4-11)16-12-5-7-13(8-6-12)17-9-1-2-10-17/h5-8,11,14,16H,1-4,9-10H2,(H,18,19). The van der Waals surface area contributed by atoms with Crippen molar-refractivity contribution in [2.45, 2.75) is 31.7 Å². The van der Waals surface area contributed by atoms with Crippen LogP contribution in [0.25, 0.3) is 0 Å². The molecule has 0 bridgehead atoms. The molecule has 0 amide bonds. The number of benzene rings is 1. The highest BCUT2D eigenvalue weighted by Gasteiger charge is 2.36. The van der Waals surface area contributed by atoms with E-state index in [0.29, 0.717) is 5.92 Å². The molecule has 1 aromatic rings. The first-order chi connectivity index (χ1) is 9.24. The van der Waals surface area contributed by atoms with Gasteiger partial charge in [0.15, 0.2) is 0 Å². The lowest BCUT2D eigenvalue weighted by molar-refractivity contribution is -0.138. The Morgan fingerprint density at radius 3 is 2.37 bits per heavy atom. The van der Waals surface area contributed by atoms with Gasteiger partial charge in [-0.15, -0.1) is 0 Å². The van der Waals surface area contributed by atoms with E-state index in [9.17, 15) is 9.90 Å². The maximum absolute atomic E-state index is 11.2. The molecule has 4 nitrogen and oxygen atoms in total. The lowest BCUT2D eigenvalue weighted by Crippen LogP contribution is -2.31. The van der Waals surface area contributed by atoms with Crippen molar-refractivity contribution in [3.8, 4) is 0 Å². The highest BCUT2D eigenvalue weighted by Crippen LogP contribution is 2.34. The third-order valence-corrected chi connectivity index (χ3v) is 4.02. The largest absolute Gasteiger partial charge is 0.480 e. The van der Waals surface area contributed by atoms with E-state index in [1.807, 2.05) is 12.1 Å². The molecule has 1 heterocycles. The molecule has 19 heavy (non-hydrogen) atoms. The average molecular weight is 260 g/mol. The van der Waals surface area contributed by atoms with Crippen molar-refractivity contribution in [1.82, 2.24) is 0 Å². The molecule has 2 aliphatic rings. The van der Waals surface area contributed by atoms with E-state index in [2.05, 4.69) is 22.3 Å². The van der Waals surface area contributed by atoms with Crippen LogP contribution in [0, 0.1) is 5.92 Å². The Hall–Kier alpha value is -1.71. The van der Waals surface area contributed by atoms with Gasteiger partial charge in [-0.25, -0.2) is 4.79 Å². The fraction of sp³-hybridized carbons (Fsp3) is 0.533. The summed E-state index contributed by atoms with van der Waals surface area (Å²) in [5.74, 6) is -0.443. The van der Waals surface area contributed by atoms with E-state index >= 15 is 0 Å². The van der Waals surface area contributed by atoms with Gasteiger partial charge in [0, 0.05) is 24.5 Å². The summed E-state index contributed by atoms with van der Waals surface area (Å²) in [7, 11) is 0. The van der Waals surface area contributed by atoms with Gasteiger partial charge in [-0.2, -0.15) is 0 Å². The van der Waals surface area contributed by atoms with Gasteiger partial charge in [0.05, 0.1) is 0 Å². The minimum Gasteiger partial charge on any atom is -0.480 e. The molecule has 4 heteroatoms. The number of nitrogens with zero attached hydrogens (tertiary/aromatic N) is 1. The minimum atomic E-state index is -0.744. The first-order valence-corrected chi connectivity index (χ1v) is 7.08. The number of hydrogen-bond acceptors (Lipinski definition) is 3. The molecule has 0 radical (unpaired) electrons. The lowest BCUT2D eigenvalue weighted by Gasteiger charge is -2.19. The van der Waals surface area contributed by atoms with Crippen molar-refractivity contribution < 1.29 is 9.90 Å². The quantitative estimate of drug-likeness (QED) is 0.854. The first kappa shape index (κ1) is 12.3. The van der Waals surface area contributed by atoms with Crippen LogP contribution >= 0.6 is 0 Å². The monoisotopic (exact) mass is 260 g/mol. The van der Waals surface area contributed by atoms with Crippen LogP contribution in [0.3, 0.4) is 0 Å². The minimum absolute atomic E-state index is 0.302. The maximum atomic E-state index is 11.2. The average Bonchev–Trinajstić information content (AvgIpc) is 3.10. The van der Waals surface area contributed by atoms with Crippen molar-refractivity contribution in [1.29, 1.82) is 0 Å². The number of carbonyl (C=O) groups is 1. The Balaban J connectivity index is 1.66. The van der Waals surface area contributed by atoms with E-state index in [-0.39, 0.29) is 0 Å². The summed E-state index contributed by atoms with van der Waals surface area (Å²) in [6, 6.07) is 7.72. The predicted octanol–water partition coefficient (Wildman–Crippen LogP) is 2.56. The number of hydrogen-bond donors (Lipinski definition) is 2. The van der Waals surface area contributed by atoms with E-state index in [0.717, 1.165) is 31.6 Å². The summed E-state index contributed by atoms with van der Waals surface area (Å²) in [5, 5.41) is 12.3. The first-order valence-electron chi connectivity index (χ1n) is 7.08. The fourth-order valence-corrected chi connectivity index (χ4v) is 2.73. The fourth-order valence-electron chi connectivity index (χ4n) is 2.73. The van der Waals surface area contributed by atoms with Gasteiger partial charge < -0.3 is 15.3 Å². The maximum Gasteiger partial charge on any atom is 0.326 e. The number of carboxylic acids is 1. The van der Waals surface area contributed by atoms with E-state index < -0.39 is 12.0 Å². The Kier molecular flexibility index (Phi) is 3.32. The van der Waals surface area contributed by atoms with Gasteiger partial charge in [0.25, 0.3) is 0 Å². The van der Waals surface area contributed by atoms with Crippen molar-refractivity contribution in [2.24, 2.45) is 5.92 Å². The number of nitrogens with one attached hydrogen (secondary N) is 1. The van der Waals surface area contributed by atoms with Gasteiger partial charge in [0.1, 0.15) is 6.04 Å². The van der Waals surface area contributed by atoms with Crippen molar-refractivity contribution in [3.63, 3.8) is 0 Å². The molecule has 0 spiro atoms. The Morgan fingerprint density at radius 2 is 1.84 bits per heavy atom. The van der Waals surface area contributed by atoms with Crippen LogP contribution in [0.1, 0.15) is 25.7 Å². The third-order valence-electron chi connectivity index (χ3n) is 4.02. The van der Waals surface area contributed by atoms with E-state index in [1.165, 1.54) is 18.5 Å². The predicted molar refractivity (Wildman–Crippen MR) is 75.7 cm³/mol. The Bertz CT molecular complexity index is 448. The third kappa shape index (κ3) is 2.83. The topological polar surface area (TPSA) is 52.6 Å². The molecule has 2 N–H and O–H groups in total. The molecular weight excluding hydrogens is 240 g/mol. The van der Waals surface area contributed by atoms with Crippen molar-refractivity contribution >= 4 is 17.3 Å². The normalized spacial score (nSPS) is 20.3.